The highest BCUT2D eigenvalue weighted by Crippen LogP contribution is 2.61. The third kappa shape index (κ3) is 2.26. The van der Waals surface area contributed by atoms with Crippen molar-refractivity contribution in [2.75, 3.05) is 23.7 Å². The van der Waals surface area contributed by atoms with Crippen LogP contribution in [0.25, 0.3) is 0 Å². The van der Waals surface area contributed by atoms with Crippen LogP contribution in [0.3, 0.4) is 0 Å². The zero-order chi connectivity index (χ0) is 12.6. The predicted molar refractivity (Wildman–Crippen MR) is 69.0 cm³/mol. The monoisotopic (exact) mass is 250 g/mol. The number of nitrogens with zero attached hydrogens (tertiary/aromatic N) is 2. The highest BCUT2D eigenvalue weighted by molar-refractivity contribution is 5.41. The minimum absolute atomic E-state index is 0.327. The first-order chi connectivity index (χ1) is 8.73. The first-order valence-corrected chi connectivity index (χ1v) is 6.74. The van der Waals surface area contributed by atoms with Gasteiger partial charge in [0.05, 0.1) is 6.20 Å². The number of hydrogen-bond acceptors (Lipinski definition) is 4. The molecule has 18 heavy (non-hydrogen) atoms. The molecule has 2 fully saturated rings. The molecule has 1 aromatic heterocycles. The average Bonchev–Trinajstić information content (AvgIpc) is 3.23. The van der Waals surface area contributed by atoms with Crippen molar-refractivity contribution in [3.8, 4) is 0 Å². The molecule has 0 amide bonds. The minimum Gasteiger partial charge on any atom is -0.367 e. The van der Waals surface area contributed by atoms with Crippen LogP contribution in [0.1, 0.15) is 32.6 Å². The SMILES string of the molecule is CCNc1ncc(F)c(NCC2(C3CC3)CC2)n1. The van der Waals surface area contributed by atoms with Crippen molar-refractivity contribution in [1.82, 2.24) is 9.97 Å². The summed E-state index contributed by atoms with van der Waals surface area (Å²) in [6.45, 7) is 3.54. The van der Waals surface area contributed by atoms with Gasteiger partial charge in [-0.1, -0.05) is 0 Å². The molecule has 5 heteroatoms. The van der Waals surface area contributed by atoms with E-state index in [1.807, 2.05) is 6.92 Å². The standard InChI is InChI=1S/C13H19FN4/c1-2-15-12-16-7-10(14)11(18-12)17-8-13(5-6-13)9-3-4-9/h7,9H,2-6,8H2,1H3,(H2,15,16,17,18). The van der Waals surface area contributed by atoms with Crippen LogP contribution >= 0.6 is 0 Å². The summed E-state index contributed by atoms with van der Waals surface area (Å²) in [6.07, 6.45) is 6.46. The summed E-state index contributed by atoms with van der Waals surface area (Å²) in [5.41, 5.74) is 0.440. The minimum atomic E-state index is -0.372. The molecule has 98 valence electrons. The molecule has 2 aliphatic rings. The molecule has 2 aliphatic carbocycles. The summed E-state index contributed by atoms with van der Waals surface area (Å²) >= 11 is 0. The zero-order valence-electron chi connectivity index (χ0n) is 10.7. The van der Waals surface area contributed by atoms with Crippen LogP contribution in [0.2, 0.25) is 0 Å². The Balaban J connectivity index is 1.66. The molecule has 2 saturated carbocycles. The summed E-state index contributed by atoms with van der Waals surface area (Å²) in [5, 5.41) is 6.16. The van der Waals surface area contributed by atoms with Crippen LogP contribution < -0.4 is 10.6 Å². The second-order valence-electron chi connectivity index (χ2n) is 5.41. The molecule has 2 N–H and O–H groups in total. The van der Waals surface area contributed by atoms with Gasteiger partial charge >= 0.3 is 0 Å². The second kappa shape index (κ2) is 4.37. The van der Waals surface area contributed by atoms with Gasteiger partial charge in [0.15, 0.2) is 11.6 Å². The smallest absolute Gasteiger partial charge is 0.224 e. The Hall–Kier alpha value is -1.39. The zero-order valence-corrected chi connectivity index (χ0v) is 10.7. The van der Waals surface area contributed by atoms with Gasteiger partial charge in [-0.2, -0.15) is 4.98 Å². The van der Waals surface area contributed by atoms with Gasteiger partial charge in [-0.3, -0.25) is 0 Å². The van der Waals surface area contributed by atoms with Crippen molar-refractivity contribution >= 4 is 11.8 Å². The van der Waals surface area contributed by atoms with Gasteiger partial charge in [-0.15, -0.1) is 0 Å². The molecule has 0 spiro atoms. The topological polar surface area (TPSA) is 49.8 Å². The fourth-order valence-corrected chi connectivity index (χ4v) is 2.58. The molecule has 4 nitrogen and oxygen atoms in total. The van der Waals surface area contributed by atoms with Gasteiger partial charge in [0.25, 0.3) is 0 Å². The summed E-state index contributed by atoms with van der Waals surface area (Å²) in [5.74, 6) is 1.30. The summed E-state index contributed by atoms with van der Waals surface area (Å²) in [7, 11) is 0. The van der Waals surface area contributed by atoms with Crippen molar-refractivity contribution in [1.29, 1.82) is 0 Å². The van der Waals surface area contributed by atoms with Crippen LogP contribution in [-0.2, 0) is 0 Å². The van der Waals surface area contributed by atoms with E-state index in [-0.39, 0.29) is 5.82 Å². The molecule has 3 rings (SSSR count). The summed E-state index contributed by atoms with van der Waals surface area (Å²) in [6, 6.07) is 0. The highest BCUT2D eigenvalue weighted by Gasteiger charge is 2.53. The molecule has 0 bridgehead atoms. The predicted octanol–water partition coefficient (Wildman–Crippen LogP) is 2.65. The Labute approximate surface area is 106 Å². The maximum absolute atomic E-state index is 13.6. The number of hydrogen-bond donors (Lipinski definition) is 2. The summed E-state index contributed by atoms with van der Waals surface area (Å²) < 4.78 is 13.6. The number of nitrogens with one attached hydrogen (secondary N) is 2. The van der Waals surface area contributed by atoms with Crippen LogP contribution in [0.5, 0.6) is 0 Å². The van der Waals surface area contributed by atoms with Crippen molar-refractivity contribution in [3.63, 3.8) is 0 Å². The Morgan fingerprint density at radius 3 is 2.78 bits per heavy atom. The first-order valence-electron chi connectivity index (χ1n) is 6.74. The van der Waals surface area contributed by atoms with E-state index < -0.39 is 0 Å². The quantitative estimate of drug-likeness (QED) is 0.815. The molecule has 1 aromatic rings. The van der Waals surface area contributed by atoms with Crippen molar-refractivity contribution < 1.29 is 4.39 Å². The van der Waals surface area contributed by atoms with Crippen LogP contribution in [0.4, 0.5) is 16.2 Å². The van der Waals surface area contributed by atoms with E-state index in [1.165, 1.54) is 31.9 Å². The van der Waals surface area contributed by atoms with Gasteiger partial charge in [-0.05, 0) is 43.9 Å². The van der Waals surface area contributed by atoms with E-state index in [0.29, 0.717) is 17.2 Å². The maximum atomic E-state index is 13.6. The van der Waals surface area contributed by atoms with Gasteiger partial charge in [0.1, 0.15) is 0 Å². The van der Waals surface area contributed by atoms with Gasteiger partial charge in [0, 0.05) is 13.1 Å². The lowest BCUT2D eigenvalue weighted by Gasteiger charge is -2.16. The van der Waals surface area contributed by atoms with Gasteiger partial charge < -0.3 is 10.6 Å². The van der Waals surface area contributed by atoms with Crippen LogP contribution in [0.15, 0.2) is 6.20 Å². The fourth-order valence-electron chi connectivity index (χ4n) is 2.58. The molecule has 0 radical (unpaired) electrons. The normalized spacial score (nSPS) is 20.6. The summed E-state index contributed by atoms with van der Waals surface area (Å²) in [4.78, 5) is 8.06. The number of rotatable bonds is 6. The molecule has 1 heterocycles. The molecule has 0 saturated heterocycles. The van der Waals surface area contributed by atoms with E-state index >= 15 is 0 Å². The Kier molecular flexibility index (Phi) is 2.84. The van der Waals surface area contributed by atoms with E-state index in [0.717, 1.165) is 19.0 Å². The van der Waals surface area contributed by atoms with E-state index in [1.54, 1.807) is 0 Å². The number of halogens is 1. The fraction of sp³-hybridized carbons (Fsp3) is 0.692. The van der Waals surface area contributed by atoms with Crippen molar-refractivity contribution in [3.05, 3.63) is 12.0 Å². The lowest BCUT2D eigenvalue weighted by atomic mass is 10.0. The third-order valence-electron chi connectivity index (χ3n) is 4.02. The molecular weight excluding hydrogens is 231 g/mol. The molecule has 0 aliphatic heterocycles. The first kappa shape index (κ1) is 11.7. The van der Waals surface area contributed by atoms with Crippen LogP contribution in [-0.4, -0.2) is 23.1 Å². The lowest BCUT2D eigenvalue weighted by molar-refractivity contribution is 0.464. The van der Waals surface area contributed by atoms with Gasteiger partial charge in [-0.25, -0.2) is 9.37 Å². The van der Waals surface area contributed by atoms with Gasteiger partial charge in [0.2, 0.25) is 5.95 Å². The lowest BCUT2D eigenvalue weighted by Crippen LogP contribution is -2.19. The van der Waals surface area contributed by atoms with E-state index in [9.17, 15) is 4.39 Å². The number of aromatic nitrogens is 2. The third-order valence-corrected chi connectivity index (χ3v) is 4.02. The van der Waals surface area contributed by atoms with Crippen molar-refractivity contribution in [2.45, 2.75) is 32.6 Å². The largest absolute Gasteiger partial charge is 0.367 e. The Morgan fingerprint density at radius 1 is 1.39 bits per heavy atom. The molecule has 0 aromatic carbocycles. The second-order valence-corrected chi connectivity index (χ2v) is 5.41. The Bertz CT molecular complexity index is 441. The average molecular weight is 250 g/mol. The van der Waals surface area contributed by atoms with E-state index in [2.05, 4.69) is 20.6 Å². The molecular formula is C13H19FN4. The Morgan fingerprint density at radius 2 is 2.17 bits per heavy atom. The van der Waals surface area contributed by atoms with E-state index in [4.69, 9.17) is 0 Å². The van der Waals surface area contributed by atoms with Crippen molar-refractivity contribution in [2.24, 2.45) is 11.3 Å². The molecule has 0 atom stereocenters. The maximum Gasteiger partial charge on any atom is 0.224 e. The van der Waals surface area contributed by atoms with Crippen LogP contribution in [0, 0.1) is 17.2 Å². The molecule has 0 unspecified atom stereocenters. The highest BCUT2D eigenvalue weighted by atomic mass is 19.1. The number of anilines is 2.